The summed E-state index contributed by atoms with van der Waals surface area (Å²) in [5.41, 5.74) is 6.26. The van der Waals surface area contributed by atoms with Crippen LogP contribution in [0.2, 0.25) is 0 Å². The van der Waals surface area contributed by atoms with Crippen LogP contribution in [0, 0.1) is 13.8 Å². The molecule has 0 spiro atoms. The molecule has 0 aliphatic carbocycles. The van der Waals surface area contributed by atoms with Gasteiger partial charge in [0.05, 0.1) is 11.7 Å². The molecule has 0 saturated carbocycles. The number of benzene rings is 3. The van der Waals surface area contributed by atoms with E-state index < -0.39 is 6.10 Å². The van der Waals surface area contributed by atoms with Crippen LogP contribution in [0.5, 0.6) is 0 Å². The molecule has 1 fully saturated rings. The molecule has 2 heterocycles. The Bertz CT molecular complexity index is 1210. The van der Waals surface area contributed by atoms with Gasteiger partial charge in [0.25, 0.3) is 0 Å². The largest absolute Gasteiger partial charge is 0.385 e. The van der Waals surface area contributed by atoms with Crippen molar-refractivity contribution >= 4 is 37.2 Å². The van der Waals surface area contributed by atoms with Crippen molar-refractivity contribution in [2.45, 2.75) is 31.9 Å². The van der Waals surface area contributed by atoms with Gasteiger partial charge in [0.1, 0.15) is 11.9 Å². The third-order valence-electron chi connectivity index (χ3n) is 7.05. The highest BCUT2D eigenvalue weighted by molar-refractivity contribution is 5.86. The summed E-state index contributed by atoms with van der Waals surface area (Å²) in [6.07, 6.45) is -0.756. The van der Waals surface area contributed by atoms with Gasteiger partial charge >= 0.3 is 0 Å². The minimum atomic E-state index is -0.756. The fourth-order valence-corrected chi connectivity index (χ4v) is 5.33. The molecule has 0 amide bonds. The lowest BCUT2D eigenvalue weighted by atomic mass is 9.80. The number of imidazole rings is 1. The van der Waals surface area contributed by atoms with Gasteiger partial charge in [0.2, 0.25) is 0 Å². The fourth-order valence-electron chi connectivity index (χ4n) is 5.33. The predicted octanol–water partition coefficient (Wildman–Crippen LogP) is 6.10. The molecule has 0 radical (unpaired) electrons. The maximum Gasteiger partial charge on any atom is 0.137 e. The van der Waals surface area contributed by atoms with Crippen molar-refractivity contribution in [2.75, 3.05) is 26.2 Å². The number of H-pyrrole nitrogens is 1. The van der Waals surface area contributed by atoms with Gasteiger partial charge in [0, 0.05) is 43.4 Å². The molecule has 2 unspecified atom stereocenters. The lowest BCUT2D eigenvalue weighted by Crippen LogP contribution is -2.52. The number of aryl methyl sites for hydroxylation is 2. The van der Waals surface area contributed by atoms with Crippen LogP contribution in [0.1, 0.15) is 40.1 Å². The molecule has 0 bridgehead atoms. The molecule has 1 aliphatic rings. The van der Waals surface area contributed by atoms with E-state index in [2.05, 4.69) is 88.9 Å². The van der Waals surface area contributed by atoms with Gasteiger partial charge in [0.15, 0.2) is 0 Å². The second kappa shape index (κ2) is 14.7. The van der Waals surface area contributed by atoms with Crippen LogP contribution in [0.4, 0.5) is 0 Å². The van der Waals surface area contributed by atoms with E-state index in [1.54, 1.807) is 0 Å². The van der Waals surface area contributed by atoms with Gasteiger partial charge in [-0.25, -0.2) is 4.98 Å². The average Bonchev–Trinajstić information content (AvgIpc) is 3.30. The number of hydrogen-bond acceptors (Lipinski definition) is 4. The fraction of sp³-hybridized carbons (Fsp3) is 0.300. The minimum Gasteiger partial charge on any atom is -0.385 e. The maximum atomic E-state index is 12.1. The van der Waals surface area contributed by atoms with E-state index in [0.717, 1.165) is 49.0 Å². The Morgan fingerprint density at radius 2 is 1.37 bits per heavy atom. The molecule has 38 heavy (non-hydrogen) atoms. The zero-order valence-electron chi connectivity index (χ0n) is 21.7. The van der Waals surface area contributed by atoms with Crippen LogP contribution in [-0.2, 0) is 0 Å². The van der Waals surface area contributed by atoms with Crippen LogP contribution in [-0.4, -0.2) is 52.2 Å². The number of rotatable bonds is 7. The van der Waals surface area contributed by atoms with E-state index in [-0.39, 0.29) is 49.2 Å². The maximum absolute atomic E-state index is 12.1. The van der Waals surface area contributed by atoms with Crippen LogP contribution in [0.15, 0.2) is 84.9 Å². The van der Waals surface area contributed by atoms with Crippen molar-refractivity contribution in [1.82, 2.24) is 20.2 Å². The van der Waals surface area contributed by atoms with E-state index >= 15 is 0 Å². The lowest BCUT2D eigenvalue weighted by molar-refractivity contribution is 0.0295. The van der Waals surface area contributed by atoms with E-state index in [0.29, 0.717) is 0 Å². The molecule has 5 nitrogen and oxygen atoms in total. The molecule has 5 rings (SSSR count). The lowest BCUT2D eigenvalue weighted by Gasteiger charge is -2.42. The zero-order valence-corrected chi connectivity index (χ0v) is 24.2. The summed E-state index contributed by atoms with van der Waals surface area (Å²) >= 11 is 0. The van der Waals surface area contributed by atoms with Gasteiger partial charge in [-0.3, -0.25) is 4.90 Å². The smallest absolute Gasteiger partial charge is 0.137 e. The molecule has 204 valence electrons. The summed E-state index contributed by atoms with van der Waals surface area (Å²) in [7, 11) is 0. The van der Waals surface area contributed by atoms with E-state index in [1.165, 1.54) is 16.7 Å². The first kappa shape index (κ1) is 31.8. The molecule has 3 aromatic carbocycles. The Labute approximate surface area is 244 Å². The van der Waals surface area contributed by atoms with Gasteiger partial charge in [-0.1, -0.05) is 84.4 Å². The molecular weight excluding hydrogens is 539 g/mol. The van der Waals surface area contributed by atoms with Crippen molar-refractivity contribution in [2.24, 2.45) is 0 Å². The van der Waals surface area contributed by atoms with Gasteiger partial charge in [-0.15, -0.1) is 37.2 Å². The topological polar surface area (TPSA) is 64.2 Å². The summed E-state index contributed by atoms with van der Waals surface area (Å²) in [4.78, 5) is 10.8. The Hall–Kier alpha value is -2.38. The van der Waals surface area contributed by atoms with Crippen molar-refractivity contribution in [3.05, 3.63) is 113 Å². The summed E-state index contributed by atoms with van der Waals surface area (Å²) in [6, 6.07) is 29.3. The van der Waals surface area contributed by atoms with Crippen molar-refractivity contribution in [1.29, 1.82) is 0 Å². The quantitative estimate of drug-likeness (QED) is 0.249. The first-order valence-electron chi connectivity index (χ1n) is 12.5. The third-order valence-corrected chi connectivity index (χ3v) is 7.05. The van der Waals surface area contributed by atoms with Crippen molar-refractivity contribution in [3.63, 3.8) is 0 Å². The van der Waals surface area contributed by atoms with Crippen molar-refractivity contribution in [3.8, 4) is 11.4 Å². The van der Waals surface area contributed by atoms with E-state index in [9.17, 15) is 5.11 Å². The molecular formula is C30H37Cl3N4O. The van der Waals surface area contributed by atoms with Crippen LogP contribution in [0.3, 0.4) is 0 Å². The van der Waals surface area contributed by atoms with Gasteiger partial charge in [-0.05, 0) is 31.0 Å². The van der Waals surface area contributed by atoms with E-state index in [4.69, 9.17) is 4.98 Å². The number of aliphatic hydroxyl groups is 1. The second-order valence-electron chi connectivity index (χ2n) is 9.49. The Balaban J connectivity index is 0.00000169. The van der Waals surface area contributed by atoms with Gasteiger partial charge < -0.3 is 15.4 Å². The minimum absolute atomic E-state index is 0. The standard InChI is InChI=1S/C30H34N4O.3ClH/c1-21-10-9-15-25(20-21)30-32-22(2)27(33-30)29(35)28(34-18-16-31-17-19-34)26(23-11-5-3-6-12-23)24-13-7-4-8-14-24;;;/h3-15,20,26,28-29,31,35H,16-19H2,1-2H3,(H,32,33);3*1H. The SMILES string of the molecule is Cc1cccc(-c2nc(C(O)C(C(c3ccccc3)c3ccccc3)N3CCNCC3)c(C)[nH]2)c1.Cl.Cl.Cl. The molecule has 2 atom stereocenters. The zero-order chi connectivity index (χ0) is 24.2. The van der Waals surface area contributed by atoms with E-state index in [1.807, 2.05) is 25.1 Å². The number of nitrogens with zero attached hydrogens (tertiary/aromatic N) is 2. The number of aromatic amines is 1. The summed E-state index contributed by atoms with van der Waals surface area (Å²) in [6.45, 7) is 7.68. The number of aliphatic hydroxyl groups excluding tert-OH is 1. The van der Waals surface area contributed by atoms with Crippen LogP contribution in [0.25, 0.3) is 11.4 Å². The second-order valence-corrected chi connectivity index (χ2v) is 9.49. The van der Waals surface area contributed by atoms with Crippen molar-refractivity contribution < 1.29 is 5.11 Å². The highest BCUT2D eigenvalue weighted by Gasteiger charge is 2.38. The Morgan fingerprint density at radius 1 is 0.789 bits per heavy atom. The normalized spacial score (nSPS) is 15.1. The molecule has 3 N–H and O–H groups in total. The monoisotopic (exact) mass is 574 g/mol. The molecule has 8 heteroatoms. The van der Waals surface area contributed by atoms with Gasteiger partial charge in [-0.2, -0.15) is 0 Å². The number of nitrogens with one attached hydrogen (secondary N) is 2. The number of aromatic nitrogens is 2. The summed E-state index contributed by atoms with van der Waals surface area (Å²) in [5, 5.41) is 15.5. The average molecular weight is 576 g/mol. The summed E-state index contributed by atoms with van der Waals surface area (Å²) in [5.74, 6) is 0.805. The Morgan fingerprint density at radius 3 is 1.92 bits per heavy atom. The number of piperazine rings is 1. The molecule has 1 aliphatic heterocycles. The third kappa shape index (κ3) is 6.97. The Kier molecular flexibility index (Phi) is 12.3. The molecule has 1 aromatic heterocycles. The molecule has 1 saturated heterocycles. The predicted molar refractivity (Wildman–Crippen MR) is 163 cm³/mol. The first-order chi connectivity index (χ1) is 17.1. The number of halogens is 3. The first-order valence-corrected chi connectivity index (χ1v) is 12.5. The highest BCUT2D eigenvalue weighted by Crippen LogP contribution is 2.38. The highest BCUT2D eigenvalue weighted by atomic mass is 35.5. The number of hydrogen-bond donors (Lipinski definition) is 3. The molecule has 4 aromatic rings. The van der Waals surface area contributed by atoms with Crippen LogP contribution >= 0.6 is 37.2 Å². The van der Waals surface area contributed by atoms with Crippen LogP contribution < -0.4 is 5.32 Å². The summed E-state index contributed by atoms with van der Waals surface area (Å²) < 4.78 is 0.